The average Bonchev–Trinajstić information content (AvgIpc) is 2.95. The standard InChI is InChI=1S/C12H15N5O/c1-16-11-3-2-8(6-10(11)14-15-16)12(18)17-5-4-9(13)7-17/h2-3,6,9H,4-5,7,13H2,1H3/t9-/m1/s1. The van der Waals surface area contributed by atoms with Gasteiger partial charge in [-0.05, 0) is 24.6 Å². The van der Waals surface area contributed by atoms with Gasteiger partial charge in [-0.1, -0.05) is 5.21 Å². The quantitative estimate of drug-likeness (QED) is 0.775. The second kappa shape index (κ2) is 4.06. The lowest BCUT2D eigenvalue weighted by atomic mass is 10.2. The Hall–Kier alpha value is -1.95. The zero-order chi connectivity index (χ0) is 12.7. The summed E-state index contributed by atoms with van der Waals surface area (Å²) < 4.78 is 1.69. The predicted octanol–water partition coefficient (Wildman–Crippen LogP) is 0.142. The van der Waals surface area contributed by atoms with Crippen molar-refractivity contribution in [3.63, 3.8) is 0 Å². The largest absolute Gasteiger partial charge is 0.337 e. The molecule has 1 atom stereocenters. The normalized spacial score (nSPS) is 19.7. The molecule has 18 heavy (non-hydrogen) atoms. The van der Waals surface area contributed by atoms with Crippen LogP contribution in [0.5, 0.6) is 0 Å². The maximum atomic E-state index is 12.3. The van der Waals surface area contributed by atoms with E-state index in [4.69, 9.17) is 5.73 Å². The predicted molar refractivity (Wildman–Crippen MR) is 67.0 cm³/mol. The summed E-state index contributed by atoms with van der Waals surface area (Å²) in [6, 6.07) is 5.58. The summed E-state index contributed by atoms with van der Waals surface area (Å²) >= 11 is 0. The monoisotopic (exact) mass is 245 g/mol. The van der Waals surface area contributed by atoms with Crippen molar-refractivity contribution in [2.24, 2.45) is 12.8 Å². The number of aryl methyl sites for hydroxylation is 1. The van der Waals surface area contributed by atoms with Crippen LogP contribution in [-0.2, 0) is 7.05 Å². The minimum absolute atomic E-state index is 0.0236. The molecular formula is C12H15N5O. The van der Waals surface area contributed by atoms with Gasteiger partial charge in [0, 0.05) is 31.7 Å². The third kappa shape index (κ3) is 1.74. The number of carbonyl (C=O) groups is 1. The van der Waals surface area contributed by atoms with E-state index in [1.54, 1.807) is 15.6 Å². The lowest BCUT2D eigenvalue weighted by Crippen LogP contribution is -2.31. The zero-order valence-electron chi connectivity index (χ0n) is 10.2. The van der Waals surface area contributed by atoms with Crippen molar-refractivity contribution in [1.82, 2.24) is 19.9 Å². The number of rotatable bonds is 1. The number of fused-ring (bicyclic) bond motifs is 1. The van der Waals surface area contributed by atoms with Gasteiger partial charge in [0.15, 0.2) is 0 Å². The summed E-state index contributed by atoms with van der Waals surface area (Å²) in [6.07, 6.45) is 0.874. The smallest absolute Gasteiger partial charge is 0.253 e. The lowest BCUT2D eigenvalue weighted by Gasteiger charge is -2.15. The first-order chi connectivity index (χ1) is 8.65. The Morgan fingerprint density at radius 1 is 1.50 bits per heavy atom. The van der Waals surface area contributed by atoms with Crippen molar-refractivity contribution >= 4 is 16.9 Å². The van der Waals surface area contributed by atoms with E-state index in [0.717, 1.165) is 24.0 Å². The van der Waals surface area contributed by atoms with Crippen molar-refractivity contribution in [1.29, 1.82) is 0 Å². The van der Waals surface area contributed by atoms with E-state index in [2.05, 4.69) is 10.3 Å². The third-order valence-electron chi connectivity index (χ3n) is 3.37. The molecule has 0 saturated carbocycles. The zero-order valence-corrected chi connectivity index (χ0v) is 10.2. The molecule has 1 aliphatic heterocycles. The van der Waals surface area contributed by atoms with E-state index in [1.165, 1.54) is 0 Å². The molecule has 94 valence electrons. The molecule has 2 heterocycles. The van der Waals surface area contributed by atoms with Crippen LogP contribution in [0.25, 0.3) is 11.0 Å². The van der Waals surface area contributed by atoms with Gasteiger partial charge in [-0.3, -0.25) is 4.79 Å². The number of hydrogen-bond acceptors (Lipinski definition) is 4. The van der Waals surface area contributed by atoms with Gasteiger partial charge >= 0.3 is 0 Å². The molecule has 2 N–H and O–H groups in total. The highest BCUT2D eigenvalue weighted by Crippen LogP contribution is 2.16. The molecule has 0 spiro atoms. The van der Waals surface area contributed by atoms with Crippen LogP contribution in [0.1, 0.15) is 16.8 Å². The molecule has 2 aromatic rings. The minimum atomic E-state index is 0.0236. The Bertz CT molecular complexity index is 606. The van der Waals surface area contributed by atoms with Crippen molar-refractivity contribution in [2.75, 3.05) is 13.1 Å². The molecule has 3 rings (SSSR count). The topological polar surface area (TPSA) is 77.0 Å². The number of hydrogen-bond donors (Lipinski definition) is 1. The number of carbonyl (C=O) groups excluding carboxylic acids is 1. The van der Waals surface area contributed by atoms with Crippen LogP contribution in [0.3, 0.4) is 0 Å². The Kier molecular flexibility index (Phi) is 2.52. The first-order valence-electron chi connectivity index (χ1n) is 5.99. The highest BCUT2D eigenvalue weighted by Gasteiger charge is 2.24. The highest BCUT2D eigenvalue weighted by molar-refractivity contribution is 5.97. The molecule has 1 fully saturated rings. The molecule has 1 saturated heterocycles. The van der Waals surface area contributed by atoms with Gasteiger partial charge in [0.2, 0.25) is 0 Å². The molecule has 1 aromatic heterocycles. The van der Waals surface area contributed by atoms with Crippen LogP contribution in [0.15, 0.2) is 18.2 Å². The summed E-state index contributed by atoms with van der Waals surface area (Å²) in [5.74, 6) is 0.0236. The van der Waals surface area contributed by atoms with Gasteiger partial charge in [0.1, 0.15) is 5.52 Å². The van der Waals surface area contributed by atoms with Gasteiger partial charge in [0.25, 0.3) is 5.91 Å². The van der Waals surface area contributed by atoms with E-state index in [1.807, 2.05) is 19.2 Å². The maximum absolute atomic E-state index is 12.3. The van der Waals surface area contributed by atoms with Crippen LogP contribution in [0.4, 0.5) is 0 Å². The minimum Gasteiger partial charge on any atom is -0.337 e. The van der Waals surface area contributed by atoms with Gasteiger partial charge in [-0.15, -0.1) is 5.10 Å². The highest BCUT2D eigenvalue weighted by atomic mass is 16.2. The Morgan fingerprint density at radius 2 is 2.33 bits per heavy atom. The van der Waals surface area contributed by atoms with Crippen molar-refractivity contribution in [2.45, 2.75) is 12.5 Å². The lowest BCUT2D eigenvalue weighted by molar-refractivity contribution is 0.0791. The fourth-order valence-corrected chi connectivity index (χ4v) is 2.33. The number of aromatic nitrogens is 3. The first kappa shape index (κ1) is 11.2. The number of nitrogens with zero attached hydrogens (tertiary/aromatic N) is 4. The van der Waals surface area contributed by atoms with Crippen LogP contribution < -0.4 is 5.73 Å². The number of amides is 1. The van der Waals surface area contributed by atoms with Crippen molar-refractivity contribution in [3.05, 3.63) is 23.8 Å². The Morgan fingerprint density at radius 3 is 3.06 bits per heavy atom. The summed E-state index contributed by atoms with van der Waals surface area (Å²) in [4.78, 5) is 14.1. The molecular weight excluding hydrogens is 230 g/mol. The number of benzene rings is 1. The van der Waals surface area contributed by atoms with E-state index < -0.39 is 0 Å². The maximum Gasteiger partial charge on any atom is 0.253 e. The Labute approximate surface area is 104 Å². The van der Waals surface area contributed by atoms with Gasteiger partial charge in [-0.25, -0.2) is 4.68 Å². The second-order valence-corrected chi connectivity index (χ2v) is 4.72. The molecule has 1 amide bonds. The van der Waals surface area contributed by atoms with Crippen LogP contribution in [0.2, 0.25) is 0 Å². The van der Waals surface area contributed by atoms with Gasteiger partial charge in [0.05, 0.1) is 5.52 Å². The van der Waals surface area contributed by atoms with Crippen molar-refractivity contribution < 1.29 is 4.79 Å². The van der Waals surface area contributed by atoms with Crippen LogP contribution in [0, 0.1) is 0 Å². The first-order valence-corrected chi connectivity index (χ1v) is 5.99. The van der Waals surface area contributed by atoms with E-state index >= 15 is 0 Å². The molecule has 1 aliphatic rings. The van der Waals surface area contributed by atoms with E-state index in [9.17, 15) is 4.79 Å². The molecule has 0 aliphatic carbocycles. The molecule has 0 unspecified atom stereocenters. The molecule has 6 nitrogen and oxygen atoms in total. The third-order valence-corrected chi connectivity index (χ3v) is 3.37. The van der Waals surface area contributed by atoms with Gasteiger partial charge in [-0.2, -0.15) is 0 Å². The summed E-state index contributed by atoms with van der Waals surface area (Å²) in [6.45, 7) is 1.37. The SMILES string of the molecule is Cn1nnc2cc(C(=O)N3CC[C@@H](N)C3)ccc21. The molecule has 1 aromatic carbocycles. The van der Waals surface area contributed by atoms with Crippen molar-refractivity contribution in [3.8, 4) is 0 Å². The van der Waals surface area contributed by atoms with E-state index in [-0.39, 0.29) is 11.9 Å². The molecule has 0 radical (unpaired) electrons. The van der Waals surface area contributed by atoms with Crippen LogP contribution >= 0.6 is 0 Å². The average molecular weight is 245 g/mol. The van der Waals surface area contributed by atoms with E-state index in [0.29, 0.717) is 12.1 Å². The Balaban J connectivity index is 1.92. The fraction of sp³-hybridized carbons (Fsp3) is 0.417. The summed E-state index contributed by atoms with van der Waals surface area (Å²) in [5, 5.41) is 7.95. The second-order valence-electron chi connectivity index (χ2n) is 4.72. The molecule has 6 heteroatoms. The molecule has 0 bridgehead atoms. The number of nitrogens with two attached hydrogens (primary N) is 1. The summed E-state index contributed by atoms with van der Waals surface area (Å²) in [5.41, 5.74) is 8.13. The number of likely N-dealkylation sites (tertiary alicyclic amines) is 1. The van der Waals surface area contributed by atoms with Crippen LogP contribution in [-0.4, -0.2) is 44.9 Å². The van der Waals surface area contributed by atoms with Gasteiger partial charge < -0.3 is 10.6 Å². The fourth-order valence-electron chi connectivity index (χ4n) is 2.33. The summed E-state index contributed by atoms with van der Waals surface area (Å²) in [7, 11) is 1.83.